The third-order valence-corrected chi connectivity index (χ3v) is 3.59. The van der Waals surface area contributed by atoms with Crippen LogP contribution in [0.2, 0.25) is 0 Å². The molecule has 0 N–H and O–H groups in total. The van der Waals surface area contributed by atoms with Gasteiger partial charge in [0.1, 0.15) is 5.75 Å². The molecule has 0 spiro atoms. The maximum Gasteiger partial charge on any atom is 0.227 e. The molecule has 3 rings (SSSR count). The summed E-state index contributed by atoms with van der Waals surface area (Å²) in [6, 6.07) is 16.1. The SMILES string of the molecule is COc1cc(CC(=O)c2ccccc2)c2c(ccc[n+]2[O-])c1. The number of ether oxygens (including phenoxy) is 1. The molecule has 2 aromatic carbocycles. The molecule has 0 amide bonds. The van der Waals surface area contributed by atoms with E-state index in [4.69, 9.17) is 4.74 Å². The van der Waals surface area contributed by atoms with Gasteiger partial charge in [-0.2, -0.15) is 4.73 Å². The van der Waals surface area contributed by atoms with Crippen molar-refractivity contribution in [3.8, 4) is 5.75 Å². The van der Waals surface area contributed by atoms with Gasteiger partial charge in [-0.25, -0.2) is 0 Å². The van der Waals surface area contributed by atoms with Gasteiger partial charge in [0.2, 0.25) is 5.52 Å². The van der Waals surface area contributed by atoms with Gasteiger partial charge < -0.3 is 9.94 Å². The van der Waals surface area contributed by atoms with Crippen LogP contribution in [0, 0.1) is 5.21 Å². The molecule has 0 atom stereocenters. The molecule has 1 aromatic heterocycles. The first-order valence-corrected chi connectivity index (χ1v) is 6.96. The average Bonchev–Trinajstić information content (AvgIpc) is 2.55. The van der Waals surface area contributed by atoms with Crippen molar-refractivity contribution in [1.82, 2.24) is 0 Å². The number of hydrogen-bond acceptors (Lipinski definition) is 3. The predicted molar refractivity (Wildman–Crippen MR) is 83.9 cm³/mol. The topological polar surface area (TPSA) is 53.2 Å². The van der Waals surface area contributed by atoms with E-state index in [0.717, 1.165) is 10.1 Å². The Labute approximate surface area is 128 Å². The highest BCUT2D eigenvalue weighted by Crippen LogP contribution is 2.24. The summed E-state index contributed by atoms with van der Waals surface area (Å²) in [7, 11) is 1.57. The molecule has 22 heavy (non-hydrogen) atoms. The van der Waals surface area contributed by atoms with E-state index in [1.165, 1.54) is 6.20 Å². The molecule has 110 valence electrons. The molecule has 4 heteroatoms. The standard InChI is InChI=1S/C18H15NO3/c1-22-16-10-14-8-5-9-19(21)18(14)15(11-16)12-17(20)13-6-3-2-4-7-13/h2-11H,12H2,1H3. The van der Waals surface area contributed by atoms with Crippen molar-refractivity contribution >= 4 is 16.7 Å². The maximum absolute atomic E-state index is 12.4. The molecule has 0 saturated heterocycles. The fraction of sp³-hybridized carbons (Fsp3) is 0.111. The van der Waals surface area contributed by atoms with E-state index < -0.39 is 0 Å². The van der Waals surface area contributed by atoms with Crippen LogP contribution in [0.25, 0.3) is 10.9 Å². The lowest BCUT2D eigenvalue weighted by atomic mass is 10.00. The number of Topliss-reactive ketones (excluding diaryl/α,β-unsaturated/α-hetero) is 1. The normalized spacial score (nSPS) is 10.6. The highest BCUT2D eigenvalue weighted by atomic mass is 16.5. The minimum Gasteiger partial charge on any atom is -0.618 e. The van der Waals surface area contributed by atoms with Crippen molar-refractivity contribution in [2.24, 2.45) is 0 Å². The largest absolute Gasteiger partial charge is 0.618 e. The van der Waals surface area contributed by atoms with Crippen LogP contribution in [-0.4, -0.2) is 12.9 Å². The average molecular weight is 293 g/mol. The number of nitrogens with zero attached hydrogens (tertiary/aromatic N) is 1. The van der Waals surface area contributed by atoms with E-state index in [1.807, 2.05) is 24.3 Å². The predicted octanol–water partition coefficient (Wildman–Crippen LogP) is 2.91. The molecule has 0 fully saturated rings. The minimum absolute atomic E-state index is 0.0287. The van der Waals surface area contributed by atoms with E-state index in [-0.39, 0.29) is 12.2 Å². The lowest BCUT2D eigenvalue weighted by molar-refractivity contribution is -0.577. The minimum atomic E-state index is -0.0287. The summed E-state index contributed by atoms with van der Waals surface area (Å²) in [5.74, 6) is 0.605. The molecule has 0 radical (unpaired) electrons. The van der Waals surface area contributed by atoms with Crippen LogP contribution < -0.4 is 9.47 Å². The maximum atomic E-state index is 12.4. The van der Waals surface area contributed by atoms with Crippen molar-refractivity contribution in [2.75, 3.05) is 7.11 Å². The molecular formula is C18H15NO3. The number of fused-ring (bicyclic) bond motifs is 1. The van der Waals surface area contributed by atoms with E-state index >= 15 is 0 Å². The van der Waals surface area contributed by atoms with Gasteiger partial charge in [-0.1, -0.05) is 30.3 Å². The molecule has 0 unspecified atom stereocenters. The van der Waals surface area contributed by atoms with Crippen LogP contribution >= 0.6 is 0 Å². The molecule has 0 aliphatic heterocycles. The van der Waals surface area contributed by atoms with Crippen LogP contribution in [0.15, 0.2) is 60.8 Å². The van der Waals surface area contributed by atoms with Crippen molar-refractivity contribution in [2.45, 2.75) is 6.42 Å². The quantitative estimate of drug-likeness (QED) is 0.422. The summed E-state index contributed by atoms with van der Waals surface area (Å²) in [5, 5.41) is 12.8. The van der Waals surface area contributed by atoms with Crippen LogP contribution in [0.3, 0.4) is 0 Å². The molecule has 3 aromatic rings. The summed E-state index contributed by atoms with van der Waals surface area (Å²) in [6.45, 7) is 0. The summed E-state index contributed by atoms with van der Waals surface area (Å²) in [5.41, 5.74) is 1.80. The molecule has 0 aliphatic carbocycles. The lowest BCUT2D eigenvalue weighted by Gasteiger charge is -2.09. The molecule has 0 saturated carbocycles. The Morgan fingerprint density at radius 2 is 1.91 bits per heavy atom. The first-order valence-electron chi connectivity index (χ1n) is 6.96. The number of pyridine rings is 1. The van der Waals surface area contributed by atoms with Crippen molar-refractivity contribution in [3.63, 3.8) is 0 Å². The molecule has 4 nitrogen and oxygen atoms in total. The van der Waals surface area contributed by atoms with Gasteiger partial charge in [0.05, 0.1) is 12.5 Å². The first kappa shape index (κ1) is 14.1. The van der Waals surface area contributed by atoms with Gasteiger partial charge in [0, 0.05) is 23.6 Å². The smallest absolute Gasteiger partial charge is 0.227 e. The van der Waals surface area contributed by atoms with Gasteiger partial charge in [-0.05, 0) is 18.2 Å². The monoisotopic (exact) mass is 293 g/mol. The van der Waals surface area contributed by atoms with E-state index in [1.54, 1.807) is 37.4 Å². The summed E-state index contributed by atoms with van der Waals surface area (Å²) < 4.78 is 6.06. The Kier molecular flexibility index (Phi) is 3.74. The van der Waals surface area contributed by atoms with Gasteiger partial charge in [0.25, 0.3) is 0 Å². The van der Waals surface area contributed by atoms with E-state index in [0.29, 0.717) is 22.4 Å². The third kappa shape index (κ3) is 2.63. The fourth-order valence-corrected chi connectivity index (χ4v) is 2.54. The number of carbonyl (C=O) groups excluding carboxylic acids is 1. The number of hydrogen-bond donors (Lipinski definition) is 0. The first-order chi connectivity index (χ1) is 10.7. The summed E-state index contributed by atoms with van der Waals surface area (Å²) in [4.78, 5) is 12.4. The Balaban J connectivity index is 2.08. The third-order valence-electron chi connectivity index (χ3n) is 3.59. The zero-order valence-corrected chi connectivity index (χ0v) is 12.2. The molecule has 0 aliphatic rings. The molecule has 0 bridgehead atoms. The number of rotatable bonds is 4. The lowest BCUT2D eigenvalue weighted by Crippen LogP contribution is -2.27. The van der Waals surface area contributed by atoms with Gasteiger partial charge in [-0.15, -0.1) is 0 Å². The fourth-order valence-electron chi connectivity index (χ4n) is 2.54. The van der Waals surface area contributed by atoms with Crippen LogP contribution in [0.1, 0.15) is 15.9 Å². The highest BCUT2D eigenvalue weighted by molar-refractivity contribution is 5.99. The molecule has 1 heterocycles. The zero-order chi connectivity index (χ0) is 15.5. The second-order valence-corrected chi connectivity index (χ2v) is 5.02. The van der Waals surface area contributed by atoms with Gasteiger partial charge >= 0.3 is 0 Å². The number of methoxy groups -OCH3 is 1. The summed E-state index contributed by atoms with van der Waals surface area (Å²) in [6.07, 6.45) is 1.59. The summed E-state index contributed by atoms with van der Waals surface area (Å²) >= 11 is 0. The molecular weight excluding hydrogens is 278 g/mol. The van der Waals surface area contributed by atoms with Crippen LogP contribution in [0.5, 0.6) is 5.75 Å². The Hall–Kier alpha value is -2.88. The number of ketones is 1. The van der Waals surface area contributed by atoms with Crippen LogP contribution in [0.4, 0.5) is 0 Å². The Morgan fingerprint density at radius 1 is 1.14 bits per heavy atom. The van der Waals surface area contributed by atoms with Crippen LogP contribution in [-0.2, 0) is 6.42 Å². The number of benzene rings is 2. The number of aromatic nitrogens is 1. The second kappa shape index (κ2) is 5.85. The Morgan fingerprint density at radius 3 is 2.64 bits per heavy atom. The van der Waals surface area contributed by atoms with Crippen molar-refractivity contribution in [3.05, 3.63) is 77.1 Å². The second-order valence-electron chi connectivity index (χ2n) is 5.02. The van der Waals surface area contributed by atoms with Crippen molar-refractivity contribution < 1.29 is 14.3 Å². The Bertz CT molecular complexity index is 828. The van der Waals surface area contributed by atoms with Gasteiger partial charge in [-0.3, -0.25) is 4.79 Å². The van der Waals surface area contributed by atoms with E-state index in [9.17, 15) is 10.0 Å². The number of carbonyl (C=O) groups is 1. The van der Waals surface area contributed by atoms with Crippen molar-refractivity contribution in [1.29, 1.82) is 0 Å². The zero-order valence-electron chi connectivity index (χ0n) is 12.2. The van der Waals surface area contributed by atoms with E-state index in [2.05, 4.69) is 0 Å². The van der Waals surface area contributed by atoms with Gasteiger partial charge in [0.15, 0.2) is 12.0 Å². The highest BCUT2D eigenvalue weighted by Gasteiger charge is 2.16.